The molecule has 17 heavy (non-hydrogen) atoms. The van der Waals surface area contributed by atoms with E-state index in [2.05, 4.69) is 0 Å². The molecule has 0 spiro atoms. The fourth-order valence-corrected chi connectivity index (χ4v) is 2.03. The van der Waals surface area contributed by atoms with Gasteiger partial charge in [-0.2, -0.15) is 13.2 Å². The molecule has 0 aliphatic carbocycles. The fourth-order valence-electron chi connectivity index (χ4n) is 2.03. The Labute approximate surface area is 97.6 Å². The van der Waals surface area contributed by atoms with E-state index in [-0.39, 0.29) is 12.3 Å². The number of ether oxygens (including phenoxy) is 1. The molecule has 0 amide bonds. The minimum Gasteiger partial charge on any atom is -0.493 e. The summed E-state index contributed by atoms with van der Waals surface area (Å²) in [6, 6.07) is 5.64. The average Bonchev–Trinajstić information content (AvgIpc) is 2.27. The SMILES string of the molecule is NC(CC1COc2ccccc2C1)C(F)(F)F. The maximum atomic E-state index is 12.3. The van der Waals surface area contributed by atoms with Gasteiger partial charge in [-0.25, -0.2) is 0 Å². The number of rotatable bonds is 2. The summed E-state index contributed by atoms with van der Waals surface area (Å²) in [5.41, 5.74) is 6.08. The van der Waals surface area contributed by atoms with Crippen LogP contribution in [0, 0.1) is 5.92 Å². The van der Waals surface area contributed by atoms with Crippen molar-refractivity contribution in [2.24, 2.45) is 11.7 Å². The molecule has 1 aliphatic rings. The first-order valence-corrected chi connectivity index (χ1v) is 5.50. The average molecular weight is 245 g/mol. The zero-order valence-corrected chi connectivity index (χ0v) is 9.20. The van der Waals surface area contributed by atoms with E-state index in [1.165, 1.54) is 0 Å². The highest BCUT2D eigenvalue weighted by Crippen LogP contribution is 2.31. The molecule has 1 aromatic rings. The highest BCUT2D eigenvalue weighted by atomic mass is 19.4. The van der Waals surface area contributed by atoms with Gasteiger partial charge < -0.3 is 10.5 Å². The van der Waals surface area contributed by atoms with Crippen LogP contribution in [0.25, 0.3) is 0 Å². The molecule has 2 nitrogen and oxygen atoms in total. The Bertz CT molecular complexity index is 392. The molecule has 2 unspecified atom stereocenters. The number of hydrogen-bond donors (Lipinski definition) is 1. The van der Waals surface area contributed by atoms with E-state index in [1.54, 1.807) is 0 Å². The predicted octanol–water partition coefficient (Wildman–Crippen LogP) is 2.52. The third-order valence-corrected chi connectivity index (χ3v) is 2.96. The topological polar surface area (TPSA) is 35.2 Å². The van der Waals surface area contributed by atoms with E-state index in [1.807, 2.05) is 24.3 Å². The molecule has 2 N–H and O–H groups in total. The van der Waals surface area contributed by atoms with E-state index in [0.29, 0.717) is 13.0 Å². The maximum absolute atomic E-state index is 12.3. The van der Waals surface area contributed by atoms with E-state index in [0.717, 1.165) is 11.3 Å². The number of halogens is 3. The lowest BCUT2D eigenvalue weighted by molar-refractivity contribution is -0.151. The van der Waals surface area contributed by atoms with Crippen LogP contribution >= 0.6 is 0 Å². The summed E-state index contributed by atoms with van der Waals surface area (Å²) in [5, 5.41) is 0. The van der Waals surface area contributed by atoms with Crippen molar-refractivity contribution in [2.45, 2.75) is 25.1 Å². The van der Waals surface area contributed by atoms with Crippen LogP contribution in [0.4, 0.5) is 13.2 Å². The summed E-state index contributed by atoms with van der Waals surface area (Å²) in [6.45, 7) is 0.306. The molecule has 2 atom stereocenters. The van der Waals surface area contributed by atoms with Gasteiger partial charge in [-0.1, -0.05) is 18.2 Å². The van der Waals surface area contributed by atoms with Crippen molar-refractivity contribution >= 4 is 0 Å². The normalized spacial score (nSPS) is 21.5. The summed E-state index contributed by atoms with van der Waals surface area (Å²) in [5.74, 6) is 0.603. The molecule has 94 valence electrons. The van der Waals surface area contributed by atoms with Gasteiger partial charge in [0.25, 0.3) is 0 Å². The molecule has 0 bridgehead atoms. The van der Waals surface area contributed by atoms with E-state index in [4.69, 9.17) is 10.5 Å². The first-order chi connectivity index (χ1) is 7.97. The third-order valence-electron chi connectivity index (χ3n) is 2.96. The Kier molecular flexibility index (Phi) is 3.28. The largest absolute Gasteiger partial charge is 0.493 e. The molecule has 1 aromatic carbocycles. The van der Waals surface area contributed by atoms with Gasteiger partial charge >= 0.3 is 6.18 Å². The molecular formula is C12H14F3NO. The monoisotopic (exact) mass is 245 g/mol. The molecule has 0 saturated carbocycles. The smallest absolute Gasteiger partial charge is 0.403 e. The first kappa shape index (κ1) is 12.2. The van der Waals surface area contributed by atoms with Gasteiger partial charge in [0.2, 0.25) is 0 Å². The minimum atomic E-state index is -4.32. The highest BCUT2D eigenvalue weighted by molar-refractivity contribution is 5.35. The van der Waals surface area contributed by atoms with Crippen LogP contribution in [-0.2, 0) is 6.42 Å². The Morgan fingerprint density at radius 3 is 2.76 bits per heavy atom. The van der Waals surface area contributed by atoms with Crippen molar-refractivity contribution in [2.75, 3.05) is 6.61 Å². The molecule has 2 rings (SSSR count). The lowest BCUT2D eigenvalue weighted by Crippen LogP contribution is -2.40. The molecule has 0 aromatic heterocycles. The van der Waals surface area contributed by atoms with Crippen molar-refractivity contribution in [1.82, 2.24) is 0 Å². The van der Waals surface area contributed by atoms with Crippen molar-refractivity contribution < 1.29 is 17.9 Å². The van der Waals surface area contributed by atoms with Gasteiger partial charge in [-0.3, -0.25) is 0 Å². The van der Waals surface area contributed by atoms with Gasteiger partial charge in [-0.05, 0) is 30.4 Å². The van der Waals surface area contributed by atoms with E-state index in [9.17, 15) is 13.2 Å². The van der Waals surface area contributed by atoms with Crippen molar-refractivity contribution in [3.05, 3.63) is 29.8 Å². The quantitative estimate of drug-likeness (QED) is 0.869. The lowest BCUT2D eigenvalue weighted by Gasteiger charge is -2.27. The Balaban J connectivity index is 1.99. The molecule has 0 fully saturated rings. The molecule has 0 radical (unpaired) electrons. The van der Waals surface area contributed by atoms with Crippen LogP contribution in [0.3, 0.4) is 0 Å². The molecular weight excluding hydrogens is 231 g/mol. The molecule has 1 heterocycles. The highest BCUT2D eigenvalue weighted by Gasteiger charge is 2.38. The van der Waals surface area contributed by atoms with Crippen LogP contribution in [0.15, 0.2) is 24.3 Å². The van der Waals surface area contributed by atoms with Gasteiger partial charge in [0, 0.05) is 0 Å². The molecule has 1 aliphatic heterocycles. The van der Waals surface area contributed by atoms with Crippen LogP contribution in [0.1, 0.15) is 12.0 Å². The van der Waals surface area contributed by atoms with E-state index < -0.39 is 12.2 Å². The van der Waals surface area contributed by atoms with Crippen LogP contribution < -0.4 is 10.5 Å². The standard InChI is InChI=1S/C12H14F3NO/c13-12(14,15)11(16)6-8-5-9-3-1-2-4-10(9)17-7-8/h1-4,8,11H,5-7,16H2. The van der Waals surface area contributed by atoms with Gasteiger partial charge in [0.05, 0.1) is 6.61 Å². The molecule has 0 saturated heterocycles. The van der Waals surface area contributed by atoms with E-state index >= 15 is 0 Å². The second kappa shape index (κ2) is 4.56. The third kappa shape index (κ3) is 2.91. The van der Waals surface area contributed by atoms with Crippen LogP contribution in [0.5, 0.6) is 5.75 Å². The number of nitrogens with two attached hydrogens (primary N) is 1. The van der Waals surface area contributed by atoms with Gasteiger partial charge in [0.1, 0.15) is 11.8 Å². The van der Waals surface area contributed by atoms with Crippen molar-refractivity contribution in [3.8, 4) is 5.75 Å². The summed E-state index contributed by atoms with van der Waals surface area (Å²) >= 11 is 0. The Morgan fingerprint density at radius 1 is 1.35 bits per heavy atom. The number of para-hydroxylation sites is 1. The second-order valence-electron chi connectivity index (χ2n) is 4.37. The number of alkyl halides is 3. The number of hydrogen-bond acceptors (Lipinski definition) is 2. The van der Waals surface area contributed by atoms with Crippen LogP contribution in [-0.4, -0.2) is 18.8 Å². The van der Waals surface area contributed by atoms with Gasteiger partial charge in [0.15, 0.2) is 0 Å². The summed E-state index contributed by atoms with van der Waals surface area (Å²) in [7, 11) is 0. The Morgan fingerprint density at radius 2 is 2.06 bits per heavy atom. The summed E-state index contributed by atoms with van der Waals surface area (Å²) < 4.78 is 42.4. The fraction of sp³-hybridized carbons (Fsp3) is 0.500. The minimum absolute atomic E-state index is 0.0855. The lowest BCUT2D eigenvalue weighted by atomic mass is 9.91. The van der Waals surface area contributed by atoms with Crippen LogP contribution in [0.2, 0.25) is 0 Å². The molecule has 5 heteroatoms. The summed E-state index contributed by atoms with van der Waals surface area (Å²) in [4.78, 5) is 0. The predicted molar refractivity (Wildman–Crippen MR) is 57.8 cm³/mol. The van der Waals surface area contributed by atoms with Gasteiger partial charge in [-0.15, -0.1) is 0 Å². The first-order valence-electron chi connectivity index (χ1n) is 5.50. The van der Waals surface area contributed by atoms with Crippen molar-refractivity contribution in [3.63, 3.8) is 0 Å². The number of fused-ring (bicyclic) bond motifs is 1. The zero-order valence-electron chi connectivity index (χ0n) is 9.20. The maximum Gasteiger partial charge on any atom is 0.403 e. The zero-order chi connectivity index (χ0) is 12.5. The Hall–Kier alpha value is -1.23. The summed E-state index contributed by atoms with van der Waals surface area (Å²) in [6.07, 6.45) is -3.81. The van der Waals surface area contributed by atoms with Crippen molar-refractivity contribution in [1.29, 1.82) is 0 Å². The second-order valence-corrected chi connectivity index (χ2v) is 4.37. The number of benzene rings is 1.